The Morgan fingerprint density at radius 1 is 1.50 bits per heavy atom. The van der Waals surface area contributed by atoms with E-state index in [1.807, 2.05) is 0 Å². The predicted molar refractivity (Wildman–Crippen MR) is 64.2 cm³/mol. The smallest absolute Gasteiger partial charge is 0.371 e. The summed E-state index contributed by atoms with van der Waals surface area (Å²) in [5, 5.41) is 11.3. The zero-order chi connectivity index (χ0) is 13.2. The molecule has 0 amide bonds. The molecule has 0 saturated carbocycles. The van der Waals surface area contributed by atoms with Gasteiger partial charge in [0, 0.05) is 6.54 Å². The molecular formula is C11H15NO5S. The largest absolute Gasteiger partial charge is 0.475 e. The van der Waals surface area contributed by atoms with Crippen LogP contribution in [0, 0.1) is 0 Å². The van der Waals surface area contributed by atoms with Crippen molar-refractivity contribution in [2.75, 3.05) is 12.3 Å². The van der Waals surface area contributed by atoms with Crippen LogP contribution in [0.25, 0.3) is 0 Å². The first-order chi connectivity index (χ1) is 8.49. The Balaban J connectivity index is 1.83. The first-order valence-corrected chi connectivity index (χ1v) is 7.45. The second-order valence-corrected chi connectivity index (χ2v) is 6.73. The average Bonchev–Trinajstić information content (AvgIpc) is 2.86. The number of hydrogen-bond donors (Lipinski definition) is 2. The minimum atomic E-state index is -2.94. The van der Waals surface area contributed by atoms with Gasteiger partial charge in [-0.05, 0) is 25.0 Å². The Labute approximate surface area is 105 Å². The van der Waals surface area contributed by atoms with Crippen LogP contribution in [0.4, 0.5) is 0 Å². The van der Waals surface area contributed by atoms with Gasteiger partial charge in [0.1, 0.15) is 5.76 Å². The van der Waals surface area contributed by atoms with E-state index < -0.39 is 15.8 Å². The molecule has 2 N–H and O–H groups in total. The van der Waals surface area contributed by atoms with Crippen molar-refractivity contribution in [2.24, 2.45) is 0 Å². The molecule has 1 aromatic heterocycles. The first-order valence-electron chi connectivity index (χ1n) is 5.73. The van der Waals surface area contributed by atoms with Crippen LogP contribution in [0.2, 0.25) is 0 Å². The van der Waals surface area contributed by atoms with E-state index in [0.717, 1.165) is 6.42 Å². The third-order valence-electron chi connectivity index (χ3n) is 3.01. The quantitative estimate of drug-likeness (QED) is 0.817. The van der Waals surface area contributed by atoms with Crippen LogP contribution >= 0.6 is 0 Å². The average molecular weight is 273 g/mol. The molecule has 1 saturated heterocycles. The van der Waals surface area contributed by atoms with Crippen LogP contribution < -0.4 is 5.32 Å². The molecule has 1 unspecified atom stereocenters. The molecule has 100 valence electrons. The summed E-state index contributed by atoms with van der Waals surface area (Å²) < 4.78 is 28.2. The van der Waals surface area contributed by atoms with Gasteiger partial charge in [-0.2, -0.15) is 0 Å². The molecule has 6 nitrogen and oxygen atoms in total. The van der Waals surface area contributed by atoms with Gasteiger partial charge in [-0.1, -0.05) is 0 Å². The summed E-state index contributed by atoms with van der Waals surface area (Å²) in [6.07, 6.45) is 1.41. The summed E-state index contributed by atoms with van der Waals surface area (Å²) in [6, 6.07) is 2.95. The summed E-state index contributed by atoms with van der Waals surface area (Å²) in [5.74, 6) is -0.466. The zero-order valence-corrected chi connectivity index (χ0v) is 10.6. The maximum atomic E-state index is 11.6. The topological polar surface area (TPSA) is 96.6 Å². The van der Waals surface area contributed by atoms with Crippen LogP contribution in [0.3, 0.4) is 0 Å². The number of carbonyl (C=O) groups is 1. The lowest BCUT2D eigenvalue weighted by atomic mass is 10.2. The van der Waals surface area contributed by atoms with Gasteiger partial charge >= 0.3 is 5.97 Å². The third-order valence-corrected chi connectivity index (χ3v) is 5.28. The molecule has 2 rings (SSSR count). The molecule has 0 bridgehead atoms. The molecule has 18 heavy (non-hydrogen) atoms. The molecule has 0 radical (unpaired) electrons. The highest BCUT2D eigenvalue weighted by Crippen LogP contribution is 2.19. The number of furan rings is 1. The van der Waals surface area contributed by atoms with Crippen molar-refractivity contribution in [1.82, 2.24) is 5.32 Å². The Bertz CT molecular complexity index is 533. The second kappa shape index (κ2) is 5.11. The third kappa shape index (κ3) is 2.91. The highest BCUT2D eigenvalue weighted by Gasteiger charge is 2.30. The maximum absolute atomic E-state index is 11.6. The lowest BCUT2D eigenvalue weighted by molar-refractivity contribution is 0.0660. The highest BCUT2D eigenvalue weighted by atomic mass is 32.2. The number of sulfone groups is 1. The number of hydrogen-bond acceptors (Lipinski definition) is 5. The van der Waals surface area contributed by atoms with Crippen molar-refractivity contribution in [3.05, 3.63) is 23.7 Å². The minimum Gasteiger partial charge on any atom is -0.475 e. The molecule has 1 aliphatic rings. The number of rotatable bonds is 5. The molecule has 0 aromatic carbocycles. The van der Waals surface area contributed by atoms with Gasteiger partial charge in [0.15, 0.2) is 9.84 Å². The number of carboxylic acids is 1. The normalized spacial score (nSPS) is 22.1. The fourth-order valence-corrected chi connectivity index (χ4v) is 3.83. The molecule has 1 aliphatic heterocycles. The number of carboxylic acid groups (broad SMARTS) is 1. The highest BCUT2D eigenvalue weighted by molar-refractivity contribution is 7.92. The molecule has 1 aromatic rings. The van der Waals surface area contributed by atoms with Gasteiger partial charge in [0.05, 0.1) is 17.5 Å². The van der Waals surface area contributed by atoms with E-state index in [9.17, 15) is 13.2 Å². The van der Waals surface area contributed by atoms with E-state index in [0.29, 0.717) is 25.3 Å². The van der Waals surface area contributed by atoms with Gasteiger partial charge in [0.25, 0.3) is 0 Å². The van der Waals surface area contributed by atoms with E-state index in [4.69, 9.17) is 9.52 Å². The van der Waals surface area contributed by atoms with Crippen molar-refractivity contribution in [3.63, 3.8) is 0 Å². The van der Waals surface area contributed by atoms with E-state index in [2.05, 4.69) is 5.32 Å². The van der Waals surface area contributed by atoms with Crippen LogP contribution in [-0.4, -0.2) is 37.0 Å². The molecule has 0 aliphatic carbocycles. The number of nitrogens with one attached hydrogen (secondary N) is 1. The zero-order valence-electron chi connectivity index (χ0n) is 9.76. The van der Waals surface area contributed by atoms with Crippen molar-refractivity contribution < 1.29 is 22.7 Å². The lowest BCUT2D eigenvalue weighted by Gasteiger charge is -2.09. The Hall–Kier alpha value is -1.34. The van der Waals surface area contributed by atoms with Crippen LogP contribution in [0.15, 0.2) is 16.5 Å². The van der Waals surface area contributed by atoms with E-state index >= 15 is 0 Å². The van der Waals surface area contributed by atoms with Gasteiger partial charge in [0.2, 0.25) is 5.76 Å². The van der Waals surface area contributed by atoms with Gasteiger partial charge < -0.3 is 14.8 Å². The van der Waals surface area contributed by atoms with E-state index in [-0.39, 0.29) is 16.8 Å². The summed E-state index contributed by atoms with van der Waals surface area (Å²) in [4.78, 5) is 10.6. The molecule has 0 spiro atoms. The summed E-state index contributed by atoms with van der Waals surface area (Å²) >= 11 is 0. The summed E-state index contributed by atoms with van der Waals surface area (Å²) in [7, 11) is -2.94. The van der Waals surface area contributed by atoms with E-state index in [1.54, 1.807) is 6.07 Å². The molecular weight excluding hydrogens is 258 g/mol. The fourth-order valence-electron chi connectivity index (χ4n) is 2.03. The summed E-state index contributed by atoms with van der Waals surface area (Å²) in [6.45, 7) is 0.713. The van der Waals surface area contributed by atoms with Gasteiger partial charge in [-0.15, -0.1) is 0 Å². The van der Waals surface area contributed by atoms with Crippen LogP contribution in [0.5, 0.6) is 0 Å². The lowest BCUT2D eigenvalue weighted by Crippen LogP contribution is -2.30. The fraction of sp³-hybridized carbons (Fsp3) is 0.545. The summed E-state index contributed by atoms with van der Waals surface area (Å²) in [5.41, 5.74) is 0. The SMILES string of the molecule is O=C(O)c1ccc(CNCC2CCCS2(=O)=O)o1. The molecule has 2 heterocycles. The van der Waals surface area contributed by atoms with Crippen LogP contribution in [-0.2, 0) is 16.4 Å². The number of aromatic carboxylic acids is 1. The minimum absolute atomic E-state index is 0.111. The van der Waals surface area contributed by atoms with Crippen molar-refractivity contribution >= 4 is 15.8 Å². The Kier molecular flexibility index (Phi) is 3.72. The molecule has 7 heteroatoms. The molecule has 1 atom stereocenters. The van der Waals surface area contributed by atoms with E-state index in [1.165, 1.54) is 6.07 Å². The maximum Gasteiger partial charge on any atom is 0.371 e. The standard InChI is InChI=1S/C11H15NO5S/c13-11(14)10-4-3-8(17-10)6-12-7-9-2-1-5-18(9,15)16/h3-4,9,12H,1-2,5-7H2,(H,13,14). The van der Waals surface area contributed by atoms with Crippen molar-refractivity contribution in [2.45, 2.75) is 24.6 Å². The first kappa shape index (κ1) is 13.1. The van der Waals surface area contributed by atoms with Crippen LogP contribution in [0.1, 0.15) is 29.2 Å². The van der Waals surface area contributed by atoms with Gasteiger partial charge in [-0.3, -0.25) is 0 Å². The Morgan fingerprint density at radius 2 is 2.28 bits per heavy atom. The molecule has 1 fully saturated rings. The van der Waals surface area contributed by atoms with Crippen molar-refractivity contribution in [1.29, 1.82) is 0 Å². The Morgan fingerprint density at radius 3 is 2.83 bits per heavy atom. The second-order valence-electron chi connectivity index (χ2n) is 4.33. The monoisotopic (exact) mass is 273 g/mol. The van der Waals surface area contributed by atoms with Crippen molar-refractivity contribution in [3.8, 4) is 0 Å². The van der Waals surface area contributed by atoms with Gasteiger partial charge in [-0.25, -0.2) is 13.2 Å². The predicted octanol–water partition coefficient (Wildman–Crippen LogP) is 0.645.